The predicted octanol–water partition coefficient (Wildman–Crippen LogP) is 4.20. The van der Waals surface area contributed by atoms with Crippen molar-refractivity contribution >= 4 is 44.8 Å². The normalized spacial score (nSPS) is 23.4. The van der Waals surface area contributed by atoms with Crippen LogP contribution in [0.5, 0.6) is 0 Å². The Labute approximate surface area is 230 Å². The SMILES string of the molecule is CNc1cncc(C(=O)N[C@H]2CCCC[C@H]2Nc2c(C(=O)N3C[C@@H](C)O[C@H](C)C3)cc(Br)cc2[N+](=O)[O-])c1. The van der Waals surface area contributed by atoms with Crippen molar-refractivity contribution in [2.75, 3.05) is 30.8 Å². The van der Waals surface area contributed by atoms with Gasteiger partial charge in [0.2, 0.25) is 0 Å². The molecule has 0 radical (unpaired) electrons. The summed E-state index contributed by atoms with van der Waals surface area (Å²) in [7, 11) is 1.75. The lowest BCUT2D eigenvalue weighted by Crippen LogP contribution is -2.49. The average Bonchev–Trinajstić information content (AvgIpc) is 2.89. The van der Waals surface area contributed by atoms with Gasteiger partial charge in [-0.3, -0.25) is 24.7 Å². The minimum Gasteiger partial charge on any atom is -0.387 e. The number of rotatable bonds is 7. The number of benzene rings is 1. The minimum atomic E-state index is -0.486. The van der Waals surface area contributed by atoms with Crippen molar-refractivity contribution in [3.8, 4) is 0 Å². The van der Waals surface area contributed by atoms with Crippen LogP contribution in [0, 0.1) is 10.1 Å². The molecule has 1 saturated carbocycles. The molecule has 1 aliphatic carbocycles. The fraction of sp³-hybridized carbons (Fsp3) is 0.500. The van der Waals surface area contributed by atoms with E-state index in [1.807, 2.05) is 13.8 Å². The van der Waals surface area contributed by atoms with E-state index in [2.05, 4.69) is 36.9 Å². The summed E-state index contributed by atoms with van der Waals surface area (Å²) in [5, 5.41) is 21.5. The van der Waals surface area contributed by atoms with Crippen LogP contribution in [-0.4, -0.2) is 71.1 Å². The number of nitro groups is 1. The van der Waals surface area contributed by atoms with E-state index < -0.39 is 4.92 Å². The molecule has 2 heterocycles. The standard InChI is InChI=1S/C26H33BrN6O5/c1-15-13-32(14-16(2)38-15)26(35)20-9-18(27)10-23(33(36)37)24(20)30-21-6-4-5-7-22(21)31-25(34)17-8-19(28-3)12-29-11-17/h8-12,15-16,21-22,28,30H,4-7,13-14H2,1-3H3,(H,31,34)/t15-,16-,21-,22+/m1/s1. The van der Waals surface area contributed by atoms with Gasteiger partial charge in [0.05, 0.1) is 33.9 Å². The van der Waals surface area contributed by atoms with Crippen LogP contribution in [0.2, 0.25) is 0 Å². The molecule has 1 aromatic carbocycles. The number of halogens is 1. The van der Waals surface area contributed by atoms with E-state index >= 15 is 0 Å². The van der Waals surface area contributed by atoms with Gasteiger partial charge in [0.25, 0.3) is 17.5 Å². The van der Waals surface area contributed by atoms with E-state index in [4.69, 9.17) is 4.74 Å². The monoisotopic (exact) mass is 588 g/mol. The van der Waals surface area contributed by atoms with Crippen LogP contribution in [0.3, 0.4) is 0 Å². The van der Waals surface area contributed by atoms with Gasteiger partial charge in [0, 0.05) is 55.2 Å². The third-order valence-electron chi connectivity index (χ3n) is 6.92. The third kappa shape index (κ3) is 6.41. The molecule has 2 amide bonds. The molecule has 4 rings (SSSR count). The molecular weight excluding hydrogens is 556 g/mol. The molecule has 3 N–H and O–H groups in total. The predicted molar refractivity (Wildman–Crippen MR) is 148 cm³/mol. The van der Waals surface area contributed by atoms with Gasteiger partial charge in [-0.05, 0) is 38.8 Å². The summed E-state index contributed by atoms with van der Waals surface area (Å²) >= 11 is 3.34. The summed E-state index contributed by atoms with van der Waals surface area (Å²) in [5.74, 6) is -0.573. The Morgan fingerprint density at radius 1 is 1.11 bits per heavy atom. The molecule has 38 heavy (non-hydrogen) atoms. The van der Waals surface area contributed by atoms with Crippen molar-refractivity contribution < 1.29 is 19.2 Å². The highest BCUT2D eigenvalue weighted by atomic mass is 79.9. The Morgan fingerprint density at radius 3 is 2.45 bits per heavy atom. The zero-order chi connectivity index (χ0) is 27.4. The number of amides is 2. The smallest absolute Gasteiger partial charge is 0.294 e. The van der Waals surface area contributed by atoms with Crippen LogP contribution in [-0.2, 0) is 4.74 Å². The van der Waals surface area contributed by atoms with E-state index in [1.54, 1.807) is 30.3 Å². The molecule has 2 fully saturated rings. The summed E-state index contributed by atoms with van der Waals surface area (Å²) in [6.45, 7) is 4.58. The van der Waals surface area contributed by atoms with Gasteiger partial charge in [0.1, 0.15) is 5.69 Å². The molecule has 1 aliphatic heterocycles. The molecule has 204 valence electrons. The second-order valence-corrected chi connectivity index (χ2v) is 10.8. The maximum atomic E-state index is 13.7. The van der Waals surface area contributed by atoms with E-state index in [0.29, 0.717) is 36.0 Å². The minimum absolute atomic E-state index is 0.143. The number of nitrogens with one attached hydrogen (secondary N) is 3. The maximum Gasteiger partial charge on any atom is 0.294 e. The van der Waals surface area contributed by atoms with Crippen molar-refractivity contribution in [3.63, 3.8) is 0 Å². The molecule has 1 saturated heterocycles. The van der Waals surface area contributed by atoms with Crippen molar-refractivity contribution in [2.24, 2.45) is 0 Å². The van der Waals surface area contributed by atoms with Crippen molar-refractivity contribution in [3.05, 3.63) is 56.3 Å². The number of nitro benzene ring substituents is 1. The van der Waals surface area contributed by atoms with E-state index in [1.165, 1.54) is 12.3 Å². The van der Waals surface area contributed by atoms with Crippen molar-refractivity contribution in [1.29, 1.82) is 0 Å². The number of hydrogen-bond donors (Lipinski definition) is 3. The van der Waals surface area contributed by atoms with Crippen LogP contribution in [0.15, 0.2) is 35.1 Å². The van der Waals surface area contributed by atoms with Gasteiger partial charge < -0.3 is 25.6 Å². The van der Waals surface area contributed by atoms with E-state index in [0.717, 1.165) is 18.5 Å². The Hall–Kier alpha value is -3.25. The van der Waals surface area contributed by atoms with Gasteiger partial charge in [-0.2, -0.15) is 0 Å². The first-order valence-electron chi connectivity index (χ1n) is 12.8. The third-order valence-corrected chi connectivity index (χ3v) is 7.38. The molecule has 0 spiro atoms. The fourth-order valence-corrected chi connectivity index (χ4v) is 5.63. The zero-order valence-corrected chi connectivity index (χ0v) is 23.3. The quantitative estimate of drug-likeness (QED) is 0.323. The molecular formula is C26H33BrN6O5. The molecule has 12 heteroatoms. The number of hydrogen-bond acceptors (Lipinski definition) is 8. The molecule has 2 aliphatic rings. The lowest BCUT2D eigenvalue weighted by atomic mass is 9.89. The first-order chi connectivity index (χ1) is 18.2. The van der Waals surface area contributed by atoms with Gasteiger partial charge in [-0.25, -0.2) is 0 Å². The van der Waals surface area contributed by atoms with Crippen LogP contribution < -0.4 is 16.0 Å². The maximum absolute atomic E-state index is 13.7. The number of nitrogens with zero attached hydrogens (tertiary/aromatic N) is 3. The second kappa shape index (κ2) is 12.1. The number of carbonyl (C=O) groups is 2. The van der Waals surface area contributed by atoms with Gasteiger partial charge in [-0.15, -0.1) is 0 Å². The summed E-state index contributed by atoms with van der Waals surface area (Å²) in [6.07, 6.45) is 6.04. The Morgan fingerprint density at radius 2 is 1.79 bits per heavy atom. The number of carbonyl (C=O) groups excluding carboxylic acids is 2. The number of aromatic nitrogens is 1. The van der Waals surface area contributed by atoms with Gasteiger partial charge >= 0.3 is 0 Å². The Kier molecular flexibility index (Phi) is 8.83. The first kappa shape index (κ1) is 27.8. The Balaban J connectivity index is 1.63. The van der Waals surface area contributed by atoms with Crippen LogP contribution in [0.25, 0.3) is 0 Å². The van der Waals surface area contributed by atoms with E-state index in [-0.39, 0.29) is 53.0 Å². The highest BCUT2D eigenvalue weighted by molar-refractivity contribution is 9.10. The molecule has 0 bridgehead atoms. The summed E-state index contributed by atoms with van der Waals surface area (Å²) in [6, 6.07) is 4.14. The second-order valence-electron chi connectivity index (χ2n) is 9.90. The van der Waals surface area contributed by atoms with Crippen LogP contribution >= 0.6 is 15.9 Å². The number of ether oxygens (including phenoxy) is 1. The number of morpholine rings is 1. The van der Waals surface area contributed by atoms with E-state index in [9.17, 15) is 19.7 Å². The molecule has 2 aromatic rings. The highest BCUT2D eigenvalue weighted by Gasteiger charge is 2.34. The van der Waals surface area contributed by atoms with Gasteiger partial charge in [0.15, 0.2) is 0 Å². The molecule has 0 unspecified atom stereocenters. The summed E-state index contributed by atoms with van der Waals surface area (Å²) in [5.41, 5.74) is 1.33. The number of pyridine rings is 1. The fourth-order valence-electron chi connectivity index (χ4n) is 5.19. The summed E-state index contributed by atoms with van der Waals surface area (Å²) in [4.78, 5) is 44.1. The number of anilines is 2. The summed E-state index contributed by atoms with van der Waals surface area (Å²) < 4.78 is 6.21. The average molecular weight is 589 g/mol. The highest BCUT2D eigenvalue weighted by Crippen LogP contribution is 2.36. The topological polar surface area (TPSA) is 139 Å². The van der Waals surface area contributed by atoms with Crippen LogP contribution in [0.4, 0.5) is 17.1 Å². The van der Waals surface area contributed by atoms with Crippen molar-refractivity contribution in [2.45, 2.75) is 63.8 Å². The largest absolute Gasteiger partial charge is 0.387 e. The van der Waals surface area contributed by atoms with Gasteiger partial charge in [-0.1, -0.05) is 28.8 Å². The molecule has 4 atom stereocenters. The zero-order valence-electron chi connectivity index (χ0n) is 21.7. The lowest BCUT2D eigenvalue weighted by molar-refractivity contribution is -0.384. The first-order valence-corrected chi connectivity index (χ1v) is 13.6. The van der Waals surface area contributed by atoms with Crippen LogP contribution in [0.1, 0.15) is 60.2 Å². The molecule has 11 nitrogen and oxygen atoms in total. The Bertz CT molecular complexity index is 1200. The molecule has 1 aromatic heterocycles. The van der Waals surface area contributed by atoms with Crippen molar-refractivity contribution in [1.82, 2.24) is 15.2 Å². The lowest BCUT2D eigenvalue weighted by Gasteiger charge is -2.36.